The maximum Gasteiger partial charge on any atom is 0.265 e. The van der Waals surface area contributed by atoms with E-state index in [1.807, 2.05) is 25.1 Å². The Morgan fingerprint density at radius 2 is 2.10 bits per heavy atom. The Morgan fingerprint density at radius 3 is 2.76 bits per heavy atom. The lowest BCUT2D eigenvalue weighted by molar-refractivity contribution is -0.120. The summed E-state index contributed by atoms with van der Waals surface area (Å²) in [6, 6.07) is 5.95. The fourth-order valence-electron chi connectivity index (χ4n) is 2.05. The molecule has 3 N–H and O–H groups in total. The van der Waals surface area contributed by atoms with Crippen LogP contribution in [0.3, 0.4) is 0 Å². The molecule has 21 heavy (non-hydrogen) atoms. The first kappa shape index (κ1) is 15.3. The van der Waals surface area contributed by atoms with Gasteiger partial charge in [0.25, 0.3) is 5.91 Å². The van der Waals surface area contributed by atoms with Crippen LogP contribution in [0, 0.1) is 6.92 Å². The Bertz CT molecular complexity index is 694. The number of aryl methyl sites for hydroxylation is 1. The highest BCUT2D eigenvalue weighted by Gasteiger charge is 2.20. The molecule has 2 amide bonds. The Kier molecular flexibility index (Phi) is 4.47. The van der Waals surface area contributed by atoms with Crippen LogP contribution in [0.4, 0.5) is 5.69 Å². The Labute approximate surface area is 127 Å². The first-order valence-corrected chi connectivity index (χ1v) is 7.50. The molecule has 0 unspecified atom stereocenters. The van der Waals surface area contributed by atoms with Crippen LogP contribution in [0.15, 0.2) is 18.2 Å². The van der Waals surface area contributed by atoms with E-state index in [0.29, 0.717) is 17.1 Å². The predicted octanol–water partition coefficient (Wildman–Crippen LogP) is 2.00. The topological polar surface area (TPSA) is 75.4 Å². The van der Waals surface area contributed by atoms with Gasteiger partial charge in [0.05, 0.1) is 5.69 Å². The number of benzene rings is 1. The van der Waals surface area contributed by atoms with Gasteiger partial charge in [-0.25, -0.2) is 0 Å². The minimum atomic E-state index is -0.143. The summed E-state index contributed by atoms with van der Waals surface area (Å²) in [4.78, 5) is 25.8. The summed E-state index contributed by atoms with van der Waals surface area (Å²) < 4.78 is 1.01. The van der Waals surface area contributed by atoms with Crippen LogP contribution in [-0.4, -0.2) is 37.4 Å². The molecule has 112 valence electrons. The number of carbonyl (C=O) groups excluding carboxylic acids is 2. The molecule has 0 saturated carbocycles. The summed E-state index contributed by atoms with van der Waals surface area (Å²) in [5.74, 6) is -0.232. The van der Waals surface area contributed by atoms with Crippen molar-refractivity contribution in [2.75, 3.05) is 26.4 Å². The van der Waals surface area contributed by atoms with Crippen LogP contribution in [0.5, 0.6) is 0 Å². The lowest BCUT2D eigenvalue weighted by atomic mass is 10.1. The third-order valence-corrected chi connectivity index (χ3v) is 4.53. The summed E-state index contributed by atoms with van der Waals surface area (Å²) in [7, 11) is 3.26. The zero-order valence-electron chi connectivity index (χ0n) is 12.4. The van der Waals surface area contributed by atoms with Crippen LogP contribution < -0.4 is 11.1 Å². The Balaban J connectivity index is 2.22. The van der Waals surface area contributed by atoms with E-state index < -0.39 is 0 Å². The molecule has 6 heteroatoms. The van der Waals surface area contributed by atoms with Crippen molar-refractivity contribution < 1.29 is 9.59 Å². The van der Waals surface area contributed by atoms with Gasteiger partial charge in [-0.3, -0.25) is 9.59 Å². The quantitative estimate of drug-likeness (QED) is 0.907. The number of hydrogen-bond acceptors (Lipinski definition) is 4. The lowest BCUT2D eigenvalue weighted by Crippen LogP contribution is -2.31. The second-order valence-corrected chi connectivity index (χ2v) is 6.05. The largest absolute Gasteiger partial charge is 0.397 e. The van der Waals surface area contributed by atoms with Crippen LogP contribution in [0.25, 0.3) is 10.1 Å². The second kappa shape index (κ2) is 6.13. The van der Waals surface area contributed by atoms with Gasteiger partial charge < -0.3 is 16.0 Å². The van der Waals surface area contributed by atoms with E-state index in [1.54, 1.807) is 14.1 Å². The Hall–Kier alpha value is -2.08. The average molecular weight is 305 g/mol. The number of thiophene rings is 1. The molecule has 0 spiro atoms. The molecule has 2 aromatic rings. The van der Waals surface area contributed by atoms with E-state index in [9.17, 15) is 9.59 Å². The second-order valence-electron chi connectivity index (χ2n) is 4.99. The number of amides is 2. The smallest absolute Gasteiger partial charge is 0.265 e. The lowest BCUT2D eigenvalue weighted by Gasteiger charge is -2.16. The minimum absolute atomic E-state index is 0.0883. The summed E-state index contributed by atoms with van der Waals surface area (Å²) in [5, 5.41) is 3.45. The normalized spacial score (nSPS) is 10.6. The fraction of sp³-hybridized carbons (Fsp3) is 0.333. The fourth-order valence-corrected chi connectivity index (χ4v) is 3.27. The molecule has 0 atom stereocenters. The SMILES string of the molecule is CNC(=O)CCN(C)C(=O)c1sc2cc(C)ccc2c1N. The molecule has 0 aliphatic carbocycles. The monoisotopic (exact) mass is 305 g/mol. The van der Waals surface area contributed by atoms with Gasteiger partial charge in [-0.1, -0.05) is 12.1 Å². The average Bonchev–Trinajstić information content (AvgIpc) is 2.79. The molecule has 0 saturated heterocycles. The van der Waals surface area contributed by atoms with Crippen molar-refractivity contribution in [1.29, 1.82) is 0 Å². The van der Waals surface area contributed by atoms with Crippen LogP contribution in [0.2, 0.25) is 0 Å². The molecule has 2 rings (SSSR count). The van der Waals surface area contributed by atoms with Crippen molar-refractivity contribution in [3.63, 3.8) is 0 Å². The van der Waals surface area contributed by atoms with Crippen LogP contribution in [-0.2, 0) is 4.79 Å². The summed E-state index contributed by atoms with van der Waals surface area (Å²) in [6.45, 7) is 2.37. The van der Waals surface area contributed by atoms with Crippen molar-refractivity contribution in [2.24, 2.45) is 0 Å². The maximum absolute atomic E-state index is 12.4. The number of nitrogens with two attached hydrogens (primary N) is 1. The van der Waals surface area contributed by atoms with Gasteiger partial charge in [0, 0.05) is 37.1 Å². The number of nitrogens with zero attached hydrogens (tertiary/aromatic N) is 1. The third-order valence-electron chi connectivity index (χ3n) is 3.38. The van der Waals surface area contributed by atoms with E-state index in [4.69, 9.17) is 5.73 Å². The van der Waals surface area contributed by atoms with Crippen molar-refractivity contribution in [2.45, 2.75) is 13.3 Å². The number of anilines is 1. The van der Waals surface area contributed by atoms with Crippen LogP contribution in [0.1, 0.15) is 21.7 Å². The van der Waals surface area contributed by atoms with E-state index in [0.717, 1.165) is 15.6 Å². The van der Waals surface area contributed by atoms with Gasteiger partial charge in [-0.2, -0.15) is 0 Å². The number of hydrogen-bond donors (Lipinski definition) is 2. The molecule has 1 aromatic carbocycles. The molecule has 1 heterocycles. The van der Waals surface area contributed by atoms with Crippen molar-refractivity contribution in [3.05, 3.63) is 28.6 Å². The molecular weight excluding hydrogens is 286 g/mol. The zero-order valence-corrected chi connectivity index (χ0v) is 13.2. The van der Waals surface area contributed by atoms with E-state index in [-0.39, 0.29) is 18.2 Å². The number of carbonyl (C=O) groups is 2. The number of rotatable bonds is 4. The minimum Gasteiger partial charge on any atom is -0.397 e. The Morgan fingerprint density at radius 1 is 1.38 bits per heavy atom. The van der Waals surface area contributed by atoms with Gasteiger partial charge in [-0.05, 0) is 18.6 Å². The molecular formula is C15H19N3O2S. The number of nitrogen functional groups attached to an aromatic ring is 1. The third kappa shape index (κ3) is 3.16. The van der Waals surface area contributed by atoms with Gasteiger partial charge in [-0.15, -0.1) is 11.3 Å². The maximum atomic E-state index is 12.4. The van der Waals surface area contributed by atoms with Crippen molar-refractivity contribution in [1.82, 2.24) is 10.2 Å². The van der Waals surface area contributed by atoms with Crippen molar-refractivity contribution >= 4 is 38.9 Å². The van der Waals surface area contributed by atoms with E-state index >= 15 is 0 Å². The molecule has 0 radical (unpaired) electrons. The molecule has 0 aliphatic rings. The summed E-state index contributed by atoms with van der Waals surface area (Å²) in [5.41, 5.74) is 7.75. The van der Waals surface area contributed by atoms with E-state index in [1.165, 1.54) is 16.2 Å². The summed E-state index contributed by atoms with van der Waals surface area (Å²) >= 11 is 1.40. The zero-order chi connectivity index (χ0) is 15.6. The highest BCUT2D eigenvalue weighted by molar-refractivity contribution is 7.21. The molecule has 0 aliphatic heterocycles. The highest BCUT2D eigenvalue weighted by Crippen LogP contribution is 2.34. The van der Waals surface area contributed by atoms with Gasteiger partial charge in [0.15, 0.2) is 0 Å². The first-order chi connectivity index (χ1) is 9.93. The van der Waals surface area contributed by atoms with Crippen molar-refractivity contribution in [3.8, 4) is 0 Å². The molecule has 5 nitrogen and oxygen atoms in total. The van der Waals surface area contributed by atoms with Gasteiger partial charge in [0.1, 0.15) is 4.88 Å². The number of nitrogens with one attached hydrogen (secondary N) is 1. The molecule has 0 fully saturated rings. The first-order valence-electron chi connectivity index (χ1n) is 6.68. The predicted molar refractivity (Wildman–Crippen MR) is 86.6 cm³/mol. The standard InChI is InChI=1S/C15H19N3O2S/c1-9-4-5-10-11(8-9)21-14(13(10)16)15(20)18(3)7-6-12(19)17-2/h4-5,8H,6-7,16H2,1-3H3,(H,17,19). The van der Waals surface area contributed by atoms with Gasteiger partial charge in [0.2, 0.25) is 5.91 Å². The highest BCUT2D eigenvalue weighted by atomic mass is 32.1. The number of fused-ring (bicyclic) bond motifs is 1. The van der Waals surface area contributed by atoms with E-state index in [2.05, 4.69) is 5.32 Å². The molecule has 0 bridgehead atoms. The van der Waals surface area contributed by atoms with Crippen LogP contribution >= 0.6 is 11.3 Å². The van der Waals surface area contributed by atoms with Gasteiger partial charge >= 0.3 is 0 Å². The summed E-state index contributed by atoms with van der Waals surface area (Å²) in [6.07, 6.45) is 0.280. The molecule has 1 aromatic heterocycles.